The molecule has 0 aliphatic heterocycles. The van der Waals surface area contributed by atoms with Gasteiger partial charge in [-0.25, -0.2) is 9.37 Å². The molecule has 0 spiro atoms. The fourth-order valence-electron chi connectivity index (χ4n) is 3.11. The molecule has 0 aliphatic rings. The van der Waals surface area contributed by atoms with Crippen LogP contribution in [0, 0.1) is 5.82 Å². The quantitative estimate of drug-likeness (QED) is 0.379. The number of nitrogens with one attached hydrogen (secondary N) is 1. The first-order valence-electron chi connectivity index (χ1n) is 10.2. The number of aromatic nitrogens is 3. The molecule has 1 amide bonds. The van der Waals surface area contributed by atoms with E-state index >= 15 is 0 Å². The van der Waals surface area contributed by atoms with Crippen molar-refractivity contribution in [2.75, 3.05) is 11.9 Å². The predicted molar refractivity (Wildman–Crippen MR) is 125 cm³/mol. The molecule has 8 nitrogen and oxygen atoms in total. The Bertz CT molecular complexity index is 1380. The van der Waals surface area contributed by atoms with Crippen molar-refractivity contribution in [3.63, 3.8) is 0 Å². The minimum atomic E-state index is -0.652. The summed E-state index contributed by atoms with van der Waals surface area (Å²) in [6.45, 7) is 2.01. The molecule has 0 bridgehead atoms. The second-order valence-electron chi connectivity index (χ2n) is 6.88. The normalized spacial score (nSPS) is 10.6. The van der Waals surface area contributed by atoms with Crippen LogP contribution in [0.3, 0.4) is 0 Å². The van der Waals surface area contributed by atoms with Gasteiger partial charge in [0.05, 0.1) is 6.61 Å². The Morgan fingerprint density at radius 2 is 1.82 bits per heavy atom. The second-order valence-corrected chi connectivity index (χ2v) is 7.22. The van der Waals surface area contributed by atoms with Gasteiger partial charge in [0.25, 0.3) is 11.5 Å². The van der Waals surface area contributed by atoms with E-state index in [4.69, 9.17) is 21.1 Å². The lowest BCUT2D eigenvalue weighted by Crippen LogP contribution is -2.29. The zero-order valence-corrected chi connectivity index (χ0v) is 18.6. The number of rotatable bonds is 7. The molecule has 2 aromatic heterocycles. The molecule has 0 fully saturated rings. The number of halogens is 2. The van der Waals surface area contributed by atoms with Crippen molar-refractivity contribution in [2.45, 2.75) is 6.92 Å². The average molecular weight is 481 g/mol. The van der Waals surface area contributed by atoms with Crippen molar-refractivity contribution in [3.8, 4) is 23.1 Å². The fourth-order valence-corrected chi connectivity index (χ4v) is 3.25. The molecule has 0 aliphatic carbocycles. The van der Waals surface area contributed by atoms with E-state index in [2.05, 4.69) is 15.3 Å². The lowest BCUT2D eigenvalue weighted by Gasteiger charge is -2.14. The highest BCUT2D eigenvalue weighted by Crippen LogP contribution is 2.23. The molecule has 0 saturated carbocycles. The number of pyridine rings is 1. The van der Waals surface area contributed by atoms with Crippen LogP contribution in [0.15, 0.2) is 77.9 Å². The molecule has 0 saturated heterocycles. The van der Waals surface area contributed by atoms with Crippen molar-refractivity contribution in [3.05, 3.63) is 100 Å². The van der Waals surface area contributed by atoms with Crippen LogP contribution < -0.4 is 20.3 Å². The number of carbonyl (C=O) groups excluding carboxylic acids is 1. The van der Waals surface area contributed by atoms with Gasteiger partial charge >= 0.3 is 0 Å². The molecule has 2 aromatic carbocycles. The van der Waals surface area contributed by atoms with Crippen LogP contribution in [0.4, 0.5) is 10.1 Å². The van der Waals surface area contributed by atoms with Crippen molar-refractivity contribution in [2.24, 2.45) is 0 Å². The van der Waals surface area contributed by atoms with Crippen LogP contribution in [0.1, 0.15) is 17.3 Å². The van der Waals surface area contributed by atoms with Crippen LogP contribution in [0.5, 0.6) is 17.4 Å². The number of benzene rings is 2. The Labute approximate surface area is 198 Å². The lowest BCUT2D eigenvalue weighted by atomic mass is 10.2. The zero-order chi connectivity index (χ0) is 24.1. The van der Waals surface area contributed by atoms with E-state index in [9.17, 15) is 14.0 Å². The van der Waals surface area contributed by atoms with Gasteiger partial charge in [-0.1, -0.05) is 0 Å². The molecule has 0 radical (unpaired) electrons. The molecular formula is C24H18ClFN4O4. The highest BCUT2D eigenvalue weighted by atomic mass is 35.5. The molecule has 4 rings (SSSR count). The summed E-state index contributed by atoms with van der Waals surface area (Å²) < 4.78 is 25.6. The summed E-state index contributed by atoms with van der Waals surface area (Å²) in [6, 6.07) is 14.9. The SMILES string of the molecule is CCOc1ccn(-c2ccc(F)cc2)c(=O)c1C(=O)Nc1ccc(Oc2ccnc(Cl)n2)cc1. The maximum Gasteiger partial charge on any atom is 0.271 e. The van der Waals surface area contributed by atoms with Gasteiger partial charge in [0.15, 0.2) is 0 Å². The summed E-state index contributed by atoms with van der Waals surface area (Å²) >= 11 is 5.75. The van der Waals surface area contributed by atoms with Crippen molar-refractivity contribution < 1.29 is 18.7 Å². The van der Waals surface area contributed by atoms with Gasteiger partial charge in [-0.3, -0.25) is 14.2 Å². The van der Waals surface area contributed by atoms with E-state index in [1.165, 1.54) is 47.3 Å². The number of anilines is 1. The first-order chi connectivity index (χ1) is 16.4. The van der Waals surface area contributed by atoms with Crippen LogP contribution in [0.2, 0.25) is 5.28 Å². The first kappa shape index (κ1) is 22.9. The Morgan fingerprint density at radius 1 is 1.09 bits per heavy atom. The number of amides is 1. The molecule has 0 unspecified atom stereocenters. The summed E-state index contributed by atoms with van der Waals surface area (Å²) in [5.74, 6) is -0.217. The van der Waals surface area contributed by atoms with E-state index in [0.29, 0.717) is 17.1 Å². The zero-order valence-electron chi connectivity index (χ0n) is 17.9. The molecule has 1 N–H and O–H groups in total. The Kier molecular flexibility index (Phi) is 6.84. The third kappa shape index (κ3) is 5.21. The number of hydrogen-bond donors (Lipinski definition) is 1. The molecule has 4 aromatic rings. The summed E-state index contributed by atoms with van der Waals surface area (Å²) in [5, 5.41) is 2.75. The van der Waals surface area contributed by atoms with E-state index in [-0.39, 0.29) is 29.1 Å². The van der Waals surface area contributed by atoms with Gasteiger partial charge in [-0.05, 0) is 73.1 Å². The van der Waals surface area contributed by atoms with Gasteiger partial charge in [0, 0.05) is 29.8 Å². The van der Waals surface area contributed by atoms with Gasteiger partial charge in [-0.2, -0.15) is 4.98 Å². The first-order valence-corrected chi connectivity index (χ1v) is 10.5. The largest absolute Gasteiger partial charge is 0.493 e. The van der Waals surface area contributed by atoms with Crippen LogP contribution in [-0.2, 0) is 0 Å². The Hall–Kier alpha value is -4.24. The average Bonchev–Trinajstić information content (AvgIpc) is 2.81. The van der Waals surface area contributed by atoms with Gasteiger partial charge in [0.2, 0.25) is 11.2 Å². The molecule has 2 heterocycles. The summed E-state index contributed by atoms with van der Waals surface area (Å²) in [5.41, 5.74) is 0.0622. The highest BCUT2D eigenvalue weighted by Gasteiger charge is 2.20. The highest BCUT2D eigenvalue weighted by molar-refractivity contribution is 6.28. The number of nitrogens with zero attached hydrogens (tertiary/aromatic N) is 3. The van der Waals surface area contributed by atoms with Crippen molar-refractivity contribution in [1.29, 1.82) is 0 Å². The molecule has 10 heteroatoms. The van der Waals surface area contributed by atoms with Gasteiger partial charge in [0.1, 0.15) is 22.9 Å². The predicted octanol–water partition coefficient (Wildman–Crippen LogP) is 4.86. The van der Waals surface area contributed by atoms with Crippen molar-refractivity contribution >= 4 is 23.2 Å². The molecule has 34 heavy (non-hydrogen) atoms. The molecule has 0 atom stereocenters. The number of ether oxygens (including phenoxy) is 2. The molecular weight excluding hydrogens is 463 g/mol. The van der Waals surface area contributed by atoms with Gasteiger partial charge < -0.3 is 14.8 Å². The lowest BCUT2D eigenvalue weighted by molar-refractivity contribution is 0.102. The van der Waals surface area contributed by atoms with E-state index < -0.39 is 17.3 Å². The fraction of sp³-hybridized carbons (Fsp3) is 0.0833. The third-order valence-electron chi connectivity index (χ3n) is 4.62. The smallest absolute Gasteiger partial charge is 0.271 e. The van der Waals surface area contributed by atoms with Crippen LogP contribution in [-0.4, -0.2) is 27.0 Å². The summed E-state index contributed by atoms with van der Waals surface area (Å²) in [4.78, 5) is 33.9. The monoisotopic (exact) mass is 480 g/mol. The van der Waals surface area contributed by atoms with E-state index in [0.717, 1.165) is 0 Å². The maximum atomic E-state index is 13.3. The van der Waals surface area contributed by atoms with Crippen LogP contribution >= 0.6 is 11.6 Å². The van der Waals surface area contributed by atoms with E-state index in [1.54, 1.807) is 37.3 Å². The maximum absolute atomic E-state index is 13.3. The molecule has 172 valence electrons. The minimum absolute atomic E-state index is 0.0561. The number of hydrogen-bond acceptors (Lipinski definition) is 6. The Morgan fingerprint density at radius 3 is 2.50 bits per heavy atom. The number of carbonyl (C=O) groups is 1. The summed E-state index contributed by atoms with van der Waals surface area (Å²) in [7, 11) is 0. The van der Waals surface area contributed by atoms with Gasteiger partial charge in [-0.15, -0.1) is 0 Å². The Balaban J connectivity index is 1.58. The topological polar surface area (TPSA) is 95.3 Å². The standard InChI is InChI=1S/C24H18ClFN4O4/c1-2-33-19-12-14-30(17-7-3-15(26)4-8-17)23(32)21(19)22(31)28-16-5-9-18(10-6-16)34-20-11-13-27-24(25)29-20/h3-14H,2H2,1H3,(H,28,31). The van der Waals surface area contributed by atoms with E-state index in [1.807, 2.05) is 0 Å². The van der Waals surface area contributed by atoms with Crippen molar-refractivity contribution in [1.82, 2.24) is 14.5 Å². The summed E-state index contributed by atoms with van der Waals surface area (Å²) in [6.07, 6.45) is 2.94. The third-order valence-corrected chi connectivity index (χ3v) is 4.80. The second kappa shape index (κ2) is 10.1. The minimum Gasteiger partial charge on any atom is -0.493 e. The van der Waals surface area contributed by atoms with Crippen LogP contribution in [0.25, 0.3) is 5.69 Å².